The third-order valence-electron chi connectivity index (χ3n) is 1.69. The van der Waals surface area contributed by atoms with Gasteiger partial charge in [-0.25, -0.2) is 13.9 Å². The summed E-state index contributed by atoms with van der Waals surface area (Å²) in [5, 5.41) is 0. The van der Waals surface area contributed by atoms with Crippen LogP contribution in [0.25, 0.3) is 0 Å². The molecule has 0 aliphatic heterocycles. The van der Waals surface area contributed by atoms with E-state index in [2.05, 4.69) is 5.48 Å². The highest BCUT2D eigenvalue weighted by Crippen LogP contribution is 2.15. The van der Waals surface area contributed by atoms with E-state index in [1.165, 1.54) is 24.3 Å². The van der Waals surface area contributed by atoms with Crippen LogP contribution >= 0.6 is 10.7 Å². The molecule has 0 spiro atoms. The number of hydroxylamine groups is 1. The summed E-state index contributed by atoms with van der Waals surface area (Å²) in [6.07, 6.45) is 0. The Bertz CT molecular complexity index is 486. The van der Waals surface area contributed by atoms with E-state index >= 15 is 0 Å². The fourth-order valence-corrected chi connectivity index (χ4v) is 1.78. The summed E-state index contributed by atoms with van der Waals surface area (Å²) >= 11 is 0. The lowest BCUT2D eigenvalue weighted by Crippen LogP contribution is -2.23. The molecule has 0 saturated heterocycles. The van der Waals surface area contributed by atoms with Gasteiger partial charge >= 0.3 is 0 Å². The first-order valence-corrected chi connectivity index (χ1v) is 6.73. The van der Waals surface area contributed by atoms with Crippen LogP contribution in [0.4, 0.5) is 0 Å². The minimum absolute atomic E-state index is 0.127. The summed E-state index contributed by atoms with van der Waals surface area (Å²) < 4.78 is 22.0. The minimum Gasteiger partial charge on any atom is -0.274 e. The molecule has 5 nitrogen and oxygen atoms in total. The molecule has 1 N–H and O–H groups in total. The third-order valence-corrected chi connectivity index (χ3v) is 3.04. The number of benzene rings is 1. The maximum atomic E-state index is 11.4. The van der Waals surface area contributed by atoms with Gasteiger partial charge < -0.3 is 0 Å². The Morgan fingerprint density at radius 3 is 2.75 bits per heavy atom. The monoisotopic (exact) mass is 263 g/mol. The van der Waals surface area contributed by atoms with Crippen molar-refractivity contribution in [2.24, 2.45) is 0 Å². The van der Waals surface area contributed by atoms with Crippen molar-refractivity contribution in [2.75, 3.05) is 6.61 Å². The number of carbonyl (C=O) groups is 1. The van der Waals surface area contributed by atoms with Gasteiger partial charge in [-0.1, -0.05) is 6.07 Å². The van der Waals surface area contributed by atoms with Crippen molar-refractivity contribution in [3.63, 3.8) is 0 Å². The van der Waals surface area contributed by atoms with E-state index < -0.39 is 15.0 Å². The zero-order chi connectivity index (χ0) is 12.2. The van der Waals surface area contributed by atoms with Crippen LogP contribution in [-0.4, -0.2) is 20.9 Å². The summed E-state index contributed by atoms with van der Waals surface area (Å²) in [5.74, 6) is -0.524. The van der Waals surface area contributed by atoms with Crippen molar-refractivity contribution in [3.8, 4) is 0 Å². The lowest BCUT2D eigenvalue weighted by Gasteiger charge is -2.04. The van der Waals surface area contributed by atoms with Crippen LogP contribution < -0.4 is 5.48 Å². The maximum absolute atomic E-state index is 11.4. The fourth-order valence-electron chi connectivity index (χ4n) is 0.986. The van der Waals surface area contributed by atoms with Crippen LogP contribution in [0.1, 0.15) is 17.3 Å². The van der Waals surface area contributed by atoms with E-state index in [0.29, 0.717) is 6.61 Å². The third kappa shape index (κ3) is 3.48. The van der Waals surface area contributed by atoms with Crippen LogP contribution in [0, 0.1) is 0 Å². The molecular weight excluding hydrogens is 254 g/mol. The number of hydrogen-bond acceptors (Lipinski definition) is 4. The largest absolute Gasteiger partial charge is 0.274 e. The van der Waals surface area contributed by atoms with Gasteiger partial charge in [0, 0.05) is 16.2 Å². The molecule has 88 valence electrons. The first kappa shape index (κ1) is 13.0. The second-order valence-corrected chi connectivity index (χ2v) is 5.40. The van der Waals surface area contributed by atoms with E-state index in [9.17, 15) is 13.2 Å². The predicted octanol–water partition coefficient (Wildman–Crippen LogP) is 1.30. The summed E-state index contributed by atoms with van der Waals surface area (Å²) in [6, 6.07) is 5.37. The molecule has 0 saturated carbocycles. The van der Waals surface area contributed by atoms with Crippen molar-refractivity contribution in [2.45, 2.75) is 11.8 Å². The Morgan fingerprint density at radius 1 is 1.50 bits per heavy atom. The topological polar surface area (TPSA) is 72.5 Å². The SMILES string of the molecule is CCONC(=O)c1cccc(S(=O)(=O)Cl)c1. The van der Waals surface area contributed by atoms with Gasteiger partial charge in [-0.3, -0.25) is 9.63 Å². The Hall–Kier alpha value is -1.11. The normalized spacial score (nSPS) is 11.1. The summed E-state index contributed by atoms with van der Waals surface area (Å²) in [4.78, 5) is 16.0. The van der Waals surface area contributed by atoms with Crippen molar-refractivity contribution >= 4 is 25.6 Å². The Kier molecular flexibility index (Phi) is 4.28. The Labute approximate surface area is 97.7 Å². The highest BCUT2D eigenvalue weighted by molar-refractivity contribution is 8.13. The van der Waals surface area contributed by atoms with Crippen LogP contribution in [0.5, 0.6) is 0 Å². The van der Waals surface area contributed by atoms with Gasteiger partial charge in [0.2, 0.25) is 0 Å². The number of amides is 1. The van der Waals surface area contributed by atoms with E-state index in [4.69, 9.17) is 15.5 Å². The van der Waals surface area contributed by atoms with Crippen molar-refractivity contribution in [1.29, 1.82) is 0 Å². The van der Waals surface area contributed by atoms with Gasteiger partial charge in [0.15, 0.2) is 0 Å². The molecular formula is C9H10ClNO4S. The standard InChI is InChI=1S/C9H10ClNO4S/c1-2-15-11-9(12)7-4-3-5-8(6-7)16(10,13)14/h3-6H,2H2,1H3,(H,11,12). The van der Waals surface area contributed by atoms with Gasteiger partial charge in [-0.2, -0.15) is 0 Å². The van der Waals surface area contributed by atoms with E-state index in [1.54, 1.807) is 6.92 Å². The molecule has 0 fully saturated rings. The quantitative estimate of drug-likeness (QED) is 0.656. The van der Waals surface area contributed by atoms with Crippen molar-refractivity contribution < 1.29 is 18.0 Å². The maximum Gasteiger partial charge on any atom is 0.274 e. The van der Waals surface area contributed by atoms with Gasteiger partial charge in [-0.15, -0.1) is 0 Å². The molecule has 0 aliphatic rings. The molecule has 16 heavy (non-hydrogen) atoms. The van der Waals surface area contributed by atoms with Gasteiger partial charge in [0.05, 0.1) is 11.5 Å². The molecule has 0 atom stereocenters. The average molecular weight is 264 g/mol. The molecule has 0 aromatic heterocycles. The molecule has 1 aromatic carbocycles. The van der Waals surface area contributed by atoms with Gasteiger partial charge in [0.25, 0.3) is 15.0 Å². The van der Waals surface area contributed by atoms with Gasteiger partial charge in [0.1, 0.15) is 0 Å². The Balaban J connectivity index is 2.95. The highest BCUT2D eigenvalue weighted by atomic mass is 35.7. The zero-order valence-electron chi connectivity index (χ0n) is 8.44. The number of rotatable bonds is 4. The van der Waals surface area contributed by atoms with Crippen LogP contribution in [0.2, 0.25) is 0 Å². The number of hydrogen-bond donors (Lipinski definition) is 1. The number of halogens is 1. The predicted molar refractivity (Wildman–Crippen MR) is 58.6 cm³/mol. The molecule has 0 aliphatic carbocycles. The van der Waals surface area contributed by atoms with E-state index in [1.807, 2.05) is 0 Å². The molecule has 7 heteroatoms. The molecule has 0 unspecified atom stereocenters. The van der Waals surface area contributed by atoms with Gasteiger partial charge in [-0.05, 0) is 25.1 Å². The molecule has 0 bridgehead atoms. The second-order valence-electron chi connectivity index (χ2n) is 2.83. The smallest absolute Gasteiger partial charge is 0.274 e. The van der Waals surface area contributed by atoms with Crippen molar-refractivity contribution in [1.82, 2.24) is 5.48 Å². The number of carbonyl (C=O) groups excluding carboxylic acids is 1. The van der Waals surface area contributed by atoms with E-state index in [0.717, 1.165) is 0 Å². The molecule has 0 heterocycles. The highest BCUT2D eigenvalue weighted by Gasteiger charge is 2.13. The molecule has 1 aromatic rings. The fraction of sp³-hybridized carbons (Fsp3) is 0.222. The van der Waals surface area contributed by atoms with E-state index in [-0.39, 0.29) is 10.5 Å². The first-order chi connectivity index (χ1) is 7.45. The first-order valence-electron chi connectivity index (χ1n) is 4.42. The summed E-state index contributed by atoms with van der Waals surface area (Å²) in [7, 11) is 1.32. The minimum atomic E-state index is -3.83. The van der Waals surface area contributed by atoms with Crippen LogP contribution in [0.15, 0.2) is 29.2 Å². The zero-order valence-corrected chi connectivity index (χ0v) is 10.0. The lowest BCUT2D eigenvalue weighted by molar-refractivity contribution is 0.0364. The number of nitrogens with one attached hydrogen (secondary N) is 1. The van der Waals surface area contributed by atoms with Crippen LogP contribution in [0.3, 0.4) is 0 Å². The Morgan fingerprint density at radius 2 is 2.19 bits per heavy atom. The summed E-state index contributed by atoms with van der Waals surface area (Å²) in [5.41, 5.74) is 2.31. The molecule has 1 amide bonds. The average Bonchev–Trinajstić information content (AvgIpc) is 2.25. The van der Waals surface area contributed by atoms with Crippen LogP contribution in [-0.2, 0) is 13.9 Å². The lowest BCUT2D eigenvalue weighted by atomic mass is 10.2. The van der Waals surface area contributed by atoms with Crippen molar-refractivity contribution in [3.05, 3.63) is 29.8 Å². The molecule has 1 rings (SSSR count). The second kappa shape index (κ2) is 5.29. The summed E-state index contributed by atoms with van der Waals surface area (Å²) in [6.45, 7) is 2.03. The molecule has 0 radical (unpaired) electrons.